The second kappa shape index (κ2) is 5.40. The normalized spacial score (nSPS) is 12.4. The molecular weight excluding hydrogens is 258 g/mol. The van der Waals surface area contributed by atoms with Crippen LogP contribution in [-0.4, -0.2) is 33.4 Å². The summed E-state index contributed by atoms with van der Waals surface area (Å²) in [5, 5.41) is 7.97. The van der Waals surface area contributed by atoms with Gasteiger partial charge in [-0.05, 0) is 51.0 Å². The summed E-state index contributed by atoms with van der Waals surface area (Å²) in [6.45, 7) is 7.19. The van der Waals surface area contributed by atoms with Crippen molar-refractivity contribution in [3.63, 3.8) is 0 Å². The fraction of sp³-hybridized carbons (Fsp3) is 0.429. The number of aryl methyl sites for hydroxylation is 2. The van der Waals surface area contributed by atoms with Gasteiger partial charge in [0.1, 0.15) is 5.52 Å². The summed E-state index contributed by atoms with van der Waals surface area (Å²) in [7, 11) is 0. The van der Waals surface area contributed by atoms with Crippen molar-refractivity contribution in [3.05, 3.63) is 23.3 Å². The Balaban J connectivity index is 2.57. The zero-order valence-corrected chi connectivity index (χ0v) is 12.0. The number of ketones is 1. The molecule has 0 saturated heterocycles. The van der Waals surface area contributed by atoms with Gasteiger partial charge in [-0.15, -0.1) is 5.10 Å². The number of esters is 1. The van der Waals surface area contributed by atoms with E-state index in [1.807, 2.05) is 26.0 Å². The van der Waals surface area contributed by atoms with Gasteiger partial charge in [-0.25, -0.2) is 9.48 Å². The molecule has 1 atom stereocenters. The lowest BCUT2D eigenvalue weighted by atomic mass is 10.1. The van der Waals surface area contributed by atoms with Crippen LogP contribution in [0.15, 0.2) is 12.1 Å². The van der Waals surface area contributed by atoms with Crippen molar-refractivity contribution in [1.82, 2.24) is 15.0 Å². The smallest absolute Gasteiger partial charge is 0.338 e. The molecule has 1 unspecified atom stereocenters. The minimum Gasteiger partial charge on any atom is -0.464 e. The highest BCUT2D eigenvalue weighted by atomic mass is 16.5. The minimum absolute atomic E-state index is 0.216. The third-order valence-corrected chi connectivity index (χ3v) is 3.23. The number of ether oxygens (including phenoxy) is 1. The summed E-state index contributed by atoms with van der Waals surface area (Å²) in [5.74, 6) is -0.932. The number of fused-ring (bicyclic) bond motifs is 1. The first-order chi connectivity index (χ1) is 9.45. The molecule has 6 nitrogen and oxygen atoms in total. The van der Waals surface area contributed by atoms with Gasteiger partial charge in [-0.1, -0.05) is 5.21 Å². The number of hydrogen-bond donors (Lipinski definition) is 0. The predicted octanol–water partition coefficient (Wildman–Crippen LogP) is 1.74. The third-order valence-electron chi connectivity index (χ3n) is 3.23. The Morgan fingerprint density at radius 3 is 2.55 bits per heavy atom. The Labute approximate surface area is 116 Å². The van der Waals surface area contributed by atoms with E-state index in [2.05, 4.69) is 10.3 Å². The molecule has 20 heavy (non-hydrogen) atoms. The molecule has 1 heterocycles. The van der Waals surface area contributed by atoms with E-state index in [-0.39, 0.29) is 12.4 Å². The van der Waals surface area contributed by atoms with E-state index in [1.165, 1.54) is 11.6 Å². The Kier molecular flexibility index (Phi) is 3.83. The molecule has 0 spiro atoms. The summed E-state index contributed by atoms with van der Waals surface area (Å²) >= 11 is 0. The van der Waals surface area contributed by atoms with Crippen molar-refractivity contribution >= 4 is 22.8 Å². The van der Waals surface area contributed by atoms with Crippen LogP contribution in [-0.2, 0) is 14.3 Å². The van der Waals surface area contributed by atoms with Gasteiger partial charge in [0, 0.05) is 0 Å². The Bertz CT molecular complexity index is 676. The van der Waals surface area contributed by atoms with Gasteiger partial charge in [0.05, 0.1) is 12.1 Å². The fourth-order valence-electron chi connectivity index (χ4n) is 2.04. The number of carbonyl (C=O) groups excluding carboxylic acids is 2. The van der Waals surface area contributed by atoms with E-state index in [4.69, 9.17) is 4.74 Å². The topological polar surface area (TPSA) is 74.1 Å². The first-order valence-corrected chi connectivity index (χ1v) is 6.45. The van der Waals surface area contributed by atoms with Gasteiger partial charge in [-0.2, -0.15) is 0 Å². The number of rotatable bonds is 4. The molecule has 0 radical (unpaired) electrons. The van der Waals surface area contributed by atoms with Crippen LogP contribution < -0.4 is 0 Å². The first kappa shape index (κ1) is 14.2. The molecule has 0 aliphatic heterocycles. The first-order valence-electron chi connectivity index (χ1n) is 6.45. The number of benzene rings is 1. The van der Waals surface area contributed by atoms with Crippen LogP contribution in [0.5, 0.6) is 0 Å². The Morgan fingerprint density at radius 2 is 1.95 bits per heavy atom. The van der Waals surface area contributed by atoms with Crippen LogP contribution in [0.1, 0.15) is 31.0 Å². The van der Waals surface area contributed by atoms with Crippen LogP contribution >= 0.6 is 0 Å². The SMILES string of the molecule is CCOC(=O)C(C(C)=O)n1nnc2cc(C)c(C)cc21. The fourth-order valence-corrected chi connectivity index (χ4v) is 2.04. The van der Waals surface area contributed by atoms with E-state index in [0.29, 0.717) is 11.0 Å². The van der Waals surface area contributed by atoms with Gasteiger partial charge < -0.3 is 4.74 Å². The summed E-state index contributed by atoms with van der Waals surface area (Å²) in [6.07, 6.45) is 0. The number of carbonyl (C=O) groups is 2. The van der Waals surface area contributed by atoms with Crippen LogP contribution in [0.3, 0.4) is 0 Å². The van der Waals surface area contributed by atoms with Crippen molar-refractivity contribution in [2.75, 3.05) is 6.61 Å². The molecule has 2 rings (SSSR count). The molecule has 1 aromatic heterocycles. The van der Waals surface area contributed by atoms with Crippen molar-refractivity contribution in [2.24, 2.45) is 0 Å². The number of nitrogens with zero attached hydrogens (tertiary/aromatic N) is 3. The van der Waals surface area contributed by atoms with E-state index >= 15 is 0 Å². The highest BCUT2D eigenvalue weighted by molar-refractivity contribution is 6.01. The van der Waals surface area contributed by atoms with E-state index in [0.717, 1.165) is 11.1 Å². The molecular formula is C14H17N3O3. The van der Waals surface area contributed by atoms with Gasteiger partial charge in [0.2, 0.25) is 6.04 Å². The van der Waals surface area contributed by atoms with Gasteiger partial charge in [0.15, 0.2) is 5.78 Å². The lowest BCUT2D eigenvalue weighted by Gasteiger charge is -2.13. The van der Waals surface area contributed by atoms with Crippen LogP contribution in [0.2, 0.25) is 0 Å². The van der Waals surface area contributed by atoms with Crippen LogP contribution in [0.4, 0.5) is 0 Å². The Hall–Kier alpha value is -2.24. The Morgan fingerprint density at radius 1 is 1.30 bits per heavy atom. The molecule has 1 aromatic carbocycles. The third kappa shape index (κ3) is 2.41. The molecule has 0 aliphatic carbocycles. The summed E-state index contributed by atoms with van der Waals surface area (Å²) < 4.78 is 6.28. The highest BCUT2D eigenvalue weighted by Crippen LogP contribution is 2.21. The second-order valence-electron chi connectivity index (χ2n) is 4.72. The van der Waals surface area contributed by atoms with Crippen LogP contribution in [0, 0.1) is 13.8 Å². The maximum Gasteiger partial charge on any atom is 0.338 e. The number of Topliss-reactive ketones (excluding diaryl/α,β-unsaturated/α-hetero) is 1. The van der Waals surface area contributed by atoms with E-state index in [1.54, 1.807) is 6.92 Å². The van der Waals surface area contributed by atoms with Gasteiger partial charge >= 0.3 is 5.97 Å². The predicted molar refractivity (Wildman–Crippen MR) is 73.4 cm³/mol. The number of hydrogen-bond acceptors (Lipinski definition) is 5. The zero-order chi connectivity index (χ0) is 14.9. The largest absolute Gasteiger partial charge is 0.464 e. The summed E-state index contributed by atoms with van der Waals surface area (Å²) in [4.78, 5) is 23.7. The maximum atomic E-state index is 11.9. The molecule has 0 amide bonds. The maximum absolute atomic E-state index is 11.9. The lowest BCUT2D eigenvalue weighted by molar-refractivity contribution is -0.150. The minimum atomic E-state index is -1.08. The molecule has 0 saturated carbocycles. The zero-order valence-electron chi connectivity index (χ0n) is 12.0. The standard InChI is InChI=1S/C14H17N3O3/c1-5-20-14(19)13(10(4)18)17-12-7-9(3)8(2)6-11(12)15-16-17/h6-7,13H,5H2,1-4H3. The summed E-state index contributed by atoms with van der Waals surface area (Å²) in [5.41, 5.74) is 3.44. The average molecular weight is 275 g/mol. The molecule has 0 N–H and O–H groups in total. The van der Waals surface area contributed by atoms with Crippen molar-refractivity contribution < 1.29 is 14.3 Å². The average Bonchev–Trinajstić information content (AvgIpc) is 2.73. The van der Waals surface area contributed by atoms with E-state index in [9.17, 15) is 9.59 Å². The highest BCUT2D eigenvalue weighted by Gasteiger charge is 2.29. The molecule has 2 aromatic rings. The monoisotopic (exact) mass is 275 g/mol. The molecule has 0 bridgehead atoms. The van der Waals surface area contributed by atoms with Crippen molar-refractivity contribution in [2.45, 2.75) is 33.7 Å². The van der Waals surface area contributed by atoms with Crippen molar-refractivity contribution in [1.29, 1.82) is 0 Å². The quantitative estimate of drug-likeness (QED) is 0.627. The van der Waals surface area contributed by atoms with Gasteiger partial charge in [-0.3, -0.25) is 4.79 Å². The lowest BCUT2D eigenvalue weighted by Crippen LogP contribution is -2.28. The van der Waals surface area contributed by atoms with Crippen molar-refractivity contribution in [3.8, 4) is 0 Å². The van der Waals surface area contributed by atoms with E-state index < -0.39 is 12.0 Å². The summed E-state index contributed by atoms with van der Waals surface area (Å²) in [6, 6.07) is 2.68. The molecule has 6 heteroatoms. The second-order valence-corrected chi connectivity index (χ2v) is 4.72. The number of aromatic nitrogens is 3. The van der Waals surface area contributed by atoms with Crippen LogP contribution in [0.25, 0.3) is 11.0 Å². The molecule has 0 fully saturated rings. The molecule has 106 valence electrons. The molecule has 0 aliphatic rings. The van der Waals surface area contributed by atoms with Gasteiger partial charge in [0.25, 0.3) is 0 Å².